The second kappa shape index (κ2) is 14.9. The molecule has 2 aromatic carbocycles. The molecule has 0 saturated heterocycles. The maximum Gasteiger partial charge on any atom is 0.189 e. The van der Waals surface area contributed by atoms with Crippen LogP contribution in [0.1, 0.15) is 31.4 Å². The van der Waals surface area contributed by atoms with Gasteiger partial charge < -0.3 is 19.7 Å². The van der Waals surface area contributed by atoms with Gasteiger partial charge in [-0.05, 0) is 12.5 Å². The Morgan fingerprint density at radius 3 is 1.77 bits per heavy atom. The van der Waals surface area contributed by atoms with Gasteiger partial charge >= 0.3 is 0 Å². The lowest BCUT2D eigenvalue weighted by molar-refractivity contribution is -0.171. The van der Waals surface area contributed by atoms with E-state index in [4.69, 9.17) is 4.74 Å². The SMILES string of the molecule is C=COC=C.CCC(O)(O)c1ccccc1.CCOCc1ccccc1. The van der Waals surface area contributed by atoms with Crippen molar-refractivity contribution in [3.63, 3.8) is 0 Å². The monoisotopic (exact) mass is 358 g/mol. The molecule has 142 valence electrons. The van der Waals surface area contributed by atoms with Crippen molar-refractivity contribution in [1.82, 2.24) is 0 Å². The Labute approximate surface area is 157 Å². The first kappa shape index (κ1) is 23.6. The first-order valence-corrected chi connectivity index (χ1v) is 8.51. The molecule has 4 nitrogen and oxygen atoms in total. The molecule has 2 aromatic rings. The van der Waals surface area contributed by atoms with Crippen LogP contribution in [-0.4, -0.2) is 16.8 Å². The summed E-state index contributed by atoms with van der Waals surface area (Å²) in [6.07, 6.45) is 2.93. The van der Waals surface area contributed by atoms with Crippen LogP contribution >= 0.6 is 0 Å². The highest BCUT2D eigenvalue weighted by molar-refractivity contribution is 5.19. The normalized spacial score (nSPS) is 9.69. The molecular formula is C22H30O4. The van der Waals surface area contributed by atoms with Gasteiger partial charge in [0, 0.05) is 18.6 Å². The molecule has 0 aromatic heterocycles. The van der Waals surface area contributed by atoms with Crippen LogP contribution in [0.25, 0.3) is 0 Å². The lowest BCUT2D eigenvalue weighted by atomic mass is 10.0. The second-order valence-electron chi connectivity index (χ2n) is 5.13. The van der Waals surface area contributed by atoms with Crippen molar-refractivity contribution in [1.29, 1.82) is 0 Å². The minimum Gasteiger partial charge on any atom is -0.474 e. The van der Waals surface area contributed by atoms with Crippen molar-refractivity contribution < 1.29 is 19.7 Å². The Morgan fingerprint density at radius 2 is 1.38 bits per heavy atom. The standard InChI is InChI=1S/C9H12O2.C9H12O.C4H6O/c1-2-9(10,11)8-6-4-3-5-7-8;1-2-10-8-9-6-4-3-5-7-9;1-3-5-4-2/h3-7,10-11H,2H2,1H3;3-7H,2,8H2,1H3;3-4H,1-2H2. The van der Waals surface area contributed by atoms with Crippen LogP contribution in [-0.2, 0) is 21.9 Å². The van der Waals surface area contributed by atoms with Gasteiger partial charge in [-0.2, -0.15) is 0 Å². The molecule has 0 saturated carbocycles. The smallest absolute Gasteiger partial charge is 0.189 e. The zero-order valence-corrected chi connectivity index (χ0v) is 15.7. The Kier molecular flexibility index (Phi) is 13.5. The Morgan fingerprint density at radius 1 is 0.885 bits per heavy atom. The Bertz CT molecular complexity index is 574. The predicted molar refractivity (Wildman–Crippen MR) is 106 cm³/mol. The molecule has 0 aliphatic carbocycles. The van der Waals surface area contributed by atoms with Crippen LogP contribution in [0.5, 0.6) is 0 Å². The van der Waals surface area contributed by atoms with Crippen LogP contribution in [0.2, 0.25) is 0 Å². The molecule has 0 aliphatic rings. The molecule has 2 rings (SSSR count). The van der Waals surface area contributed by atoms with Crippen molar-refractivity contribution in [3.8, 4) is 0 Å². The van der Waals surface area contributed by atoms with Gasteiger partial charge in [-0.3, -0.25) is 0 Å². The molecule has 4 heteroatoms. The fraction of sp³-hybridized carbons (Fsp3) is 0.273. The van der Waals surface area contributed by atoms with E-state index in [-0.39, 0.29) is 0 Å². The van der Waals surface area contributed by atoms with Gasteiger partial charge in [0.2, 0.25) is 0 Å². The van der Waals surface area contributed by atoms with Crippen LogP contribution in [0.4, 0.5) is 0 Å². The average Bonchev–Trinajstić information content (AvgIpc) is 2.69. The number of ether oxygens (including phenoxy) is 2. The summed E-state index contributed by atoms with van der Waals surface area (Å²) >= 11 is 0. The molecule has 26 heavy (non-hydrogen) atoms. The van der Waals surface area contributed by atoms with Crippen LogP contribution in [0.3, 0.4) is 0 Å². The number of rotatable bonds is 7. The molecule has 0 heterocycles. The maximum absolute atomic E-state index is 9.35. The van der Waals surface area contributed by atoms with E-state index < -0.39 is 5.79 Å². The van der Waals surface area contributed by atoms with Gasteiger partial charge in [-0.25, -0.2) is 0 Å². The quantitative estimate of drug-likeness (QED) is 0.554. The summed E-state index contributed by atoms with van der Waals surface area (Å²) in [5, 5.41) is 18.7. The molecule has 0 aliphatic heterocycles. The summed E-state index contributed by atoms with van der Waals surface area (Å²) in [5.41, 5.74) is 1.78. The summed E-state index contributed by atoms with van der Waals surface area (Å²) in [4.78, 5) is 0. The number of hydrogen-bond acceptors (Lipinski definition) is 4. The highest BCUT2D eigenvalue weighted by Crippen LogP contribution is 2.20. The highest BCUT2D eigenvalue weighted by atomic mass is 16.5. The fourth-order valence-corrected chi connectivity index (χ4v) is 1.77. The molecule has 0 atom stereocenters. The van der Waals surface area contributed by atoms with Crippen LogP contribution in [0, 0.1) is 0 Å². The van der Waals surface area contributed by atoms with Gasteiger partial charge in [0.25, 0.3) is 0 Å². The molecule has 0 bridgehead atoms. The molecule has 2 N–H and O–H groups in total. The van der Waals surface area contributed by atoms with Gasteiger partial charge in [0.05, 0.1) is 19.1 Å². The maximum atomic E-state index is 9.35. The summed E-state index contributed by atoms with van der Waals surface area (Å²) in [5.74, 6) is -1.67. The summed E-state index contributed by atoms with van der Waals surface area (Å²) in [6.45, 7) is 11.8. The number of hydrogen-bond donors (Lipinski definition) is 2. The van der Waals surface area contributed by atoms with Gasteiger partial charge in [-0.15, -0.1) is 0 Å². The number of aliphatic hydroxyl groups is 2. The number of benzene rings is 2. The van der Waals surface area contributed by atoms with Crippen LogP contribution < -0.4 is 0 Å². The Hall–Kier alpha value is -2.40. The van der Waals surface area contributed by atoms with Crippen molar-refractivity contribution >= 4 is 0 Å². The van der Waals surface area contributed by atoms with E-state index in [0.717, 1.165) is 13.2 Å². The first-order valence-electron chi connectivity index (χ1n) is 8.51. The first-order chi connectivity index (χ1) is 12.5. The topological polar surface area (TPSA) is 58.9 Å². The minimum absolute atomic E-state index is 0.303. The molecule has 0 spiro atoms. The zero-order chi connectivity index (χ0) is 19.7. The van der Waals surface area contributed by atoms with E-state index in [9.17, 15) is 10.2 Å². The van der Waals surface area contributed by atoms with Crippen LogP contribution in [0.15, 0.2) is 86.3 Å². The van der Waals surface area contributed by atoms with E-state index in [1.54, 1.807) is 31.2 Å². The van der Waals surface area contributed by atoms with Crippen molar-refractivity contribution in [2.75, 3.05) is 6.61 Å². The minimum atomic E-state index is -1.67. The van der Waals surface area contributed by atoms with E-state index in [1.165, 1.54) is 18.1 Å². The molecule has 0 fully saturated rings. The van der Waals surface area contributed by atoms with Crippen molar-refractivity contribution in [2.24, 2.45) is 0 Å². The Balaban J connectivity index is 0.000000387. The molecule has 0 unspecified atom stereocenters. The third-order valence-electron chi connectivity index (χ3n) is 3.24. The average molecular weight is 358 g/mol. The van der Waals surface area contributed by atoms with Crippen molar-refractivity contribution in [3.05, 3.63) is 97.5 Å². The lowest BCUT2D eigenvalue weighted by Gasteiger charge is -2.19. The van der Waals surface area contributed by atoms with Crippen molar-refractivity contribution in [2.45, 2.75) is 32.7 Å². The van der Waals surface area contributed by atoms with Gasteiger partial charge in [-0.1, -0.05) is 80.7 Å². The molecule has 0 radical (unpaired) electrons. The second-order valence-corrected chi connectivity index (χ2v) is 5.13. The summed E-state index contributed by atoms with van der Waals surface area (Å²) in [7, 11) is 0. The van der Waals surface area contributed by atoms with E-state index in [0.29, 0.717) is 12.0 Å². The lowest BCUT2D eigenvalue weighted by Crippen LogP contribution is -2.23. The van der Waals surface area contributed by atoms with E-state index in [1.807, 2.05) is 31.2 Å². The fourth-order valence-electron chi connectivity index (χ4n) is 1.77. The summed E-state index contributed by atoms with van der Waals surface area (Å²) < 4.78 is 9.58. The van der Waals surface area contributed by atoms with E-state index >= 15 is 0 Å². The third-order valence-corrected chi connectivity index (χ3v) is 3.24. The highest BCUT2D eigenvalue weighted by Gasteiger charge is 2.21. The van der Waals surface area contributed by atoms with Gasteiger partial charge in [0.15, 0.2) is 5.79 Å². The zero-order valence-electron chi connectivity index (χ0n) is 15.7. The predicted octanol–water partition coefficient (Wildman–Crippen LogP) is 4.75. The summed E-state index contributed by atoms with van der Waals surface area (Å²) in [6, 6.07) is 19.0. The molecule has 0 amide bonds. The van der Waals surface area contributed by atoms with Gasteiger partial charge in [0.1, 0.15) is 0 Å². The third kappa shape index (κ3) is 11.2. The van der Waals surface area contributed by atoms with E-state index in [2.05, 4.69) is 30.0 Å². The largest absolute Gasteiger partial charge is 0.474 e. The molecular weight excluding hydrogens is 328 g/mol.